The van der Waals surface area contributed by atoms with Crippen molar-refractivity contribution < 1.29 is 9.13 Å². The number of hydrogen-bond donors (Lipinski definition) is 2. The van der Waals surface area contributed by atoms with Crippen molar-refractivity contribution in [2.24, 2.45) is 5.84 Å². The van der Waals surface area contributed by atoms with Crippen LogP contribution in [0.4, 0.5) is 4.39 Å². The van der Waals surface area contributed by atoms with E-state index < -0.39 is 0 Å². The van der Waals surface area contributed by atoms with Gasteiger partial charge in [0, 0.05) is 6.04 Å². The molecular formula is C17H19FN2O. The Morgan fingerprint density at radius 1 is 1.10 bits per heavy atom. The van der Waals surface area contributed by atoms with Gasteiger partial charge in [-0.05, 0) is 54.7 Å². The summed E-state index contributed by atoms with van der Waals surface area (Å²) in [4.78, 5) is 0. The first kappa shape index (κ1) is 14.0. The third-order valence-corrected chi connectivity index (χ3v) is 3.66. The van der Waals surface area contributed by atoms with Crippen LogP contribution in [0.5, 0.6) is 5.75 Å². The molecule has 0 aliphatic heterocycles. The van der Waals surface area contributed by atoms with Crippen molar-refractivity contribution in [2.75, 3.05) is 0 Å². The predicted molar refractivity (Wildman–Crippen MR) is 80.3 cm³/mol. The number of hydrazine groups is 1. The molecule has 110 valence electrons. The molecule has 0 saturated heterocycles. The van der Waals surface area contributed by atoms with E-state index in [1.807, 2.05) is 24.3 Å². The minimum absolute atomic E-state index is 0.00886. The van der Waals surface area contributed by atoms with Crippen LogP contribution >= 0.6 is 0 Å². The third-order valence-electron chi connectivity index (χ3n) is 3.66. The van der Waals surface area contributed by atoms with E-state index in [0.717, 1.165) is 29.7 Å². The van der Waals surface area contributed by atoms with Gasteiger partial charge in [-0.1, -0.05) is 24.3 Å². The molecule has 1 saturated carbocycles. The van der Waals surface area contributed by atoms with E-state index in [-0.39, 0.29) is 11.9 Å². The lowest BCUT2D eigenvalue weighted by Crippen LogP contribution is -2.29. The van der Waals surface area contributed by atoms with Crippen LogP contribution in [0.25, 0.3) is 0 Å². The van der Waals surface area contributed by atoms with Crippen molar-refractivity contribution >= 4 is 0 Å². The highest BCUT2D eigenvalue weighted by Gasteiger charge is 2.23. The first-order valence-corrected chi connectivity index (χ1v) is 7.22. The van der Waals surface area contributed by atoms with Crippen molar-refractivity contribution in [3.63, 3.8) is 0 Å². The highest BCUT2D eigenvalue weighted by molar-refractivity contribution is 5.31. The second kappa shape index (κ2) is 6.24. The standard InChI is InChI=1S/C17H19FN2O/c18-14-5-1-12(2-6-14)11-17(20-19)13-3-7-15(8-4-13)21-16-9-10-16/h1-8,16-17,20H,9-11,19H2. The van der Waals surface area contributed by atoms with Crippen LogP contribution < -0.4 is 16.0 Å². The summed E-state index contributed by atoms with van der Waals surface area (Å²) in [5, 5.41) is 0. The van der Waals surface area contributed by atoms with Crippen LogP contribution in [-0.2, 0) is 6.42 Å². The van der Waals surface area contributed by atoms with Crippen LogP contribution in [0.3, 0.4) is 0 Å². The average Bonchev–Trinajstić information content (AvgIpc) is 3.32. The number of benzene rings is 2. The molecular weight excluding hydrogens is 267 g/mol. The predicted octanol–water partition coefficient (Wildman–Crippen LogP) is 3.11. The second-order valence-corrected chi connectivity index (χ2v) is 5.44. The topological polar surface area (TPSA) is 47.3 Å². The fraction of sp³-hybridized carbons (Fsp3) is 0.294. The smallest absolute Gasteiger partial charge is 0.123 e. The fourth-order valence-corrected chi connectivity index (χ4v) is 2.29. The maximum absolute atomic E-state index is 12.9. The number of nitrogens with one attached hydrogen (secondary N) is 1. The summed E-state index contributed by atoms with van der Waals surface area (Å²) in [5.74, 6) is 6.33. The van der Waals surface area contributed by atoms with Gasteiger partial charge in [0.1, 0.15) is 11.6 Å². The van der Waals surface area contributed by atoms with Gasteiger partial charge in [0.25, 0.3) is 0 Å². The second-order valence-electron chi connectivity index (χ2n) is 5.44. The van der Waals surface area contributed by atoms with Gasteiger partial charge in [-0.25, -0.2) is 4.39 Å². The Morgan fingerprint density at radius 2 is 1.76 bits per heavy atom. The Hall–Kier alpha value is -1.91. The molecule has 0 radical (unpaired) electrons. The number of ether oxygens (including phenoxy) is 1. The molecule has 3 nitrogen and oxygen atoms in total. The quantitative estimate of drug-likeness (QED) is 0.633. The molecule has 0 aromatic heterocycles. The number of hydrogen-bond acceptors (Lipinski definition) is 3. The van der Waals surface area contributed by atoms with E-state index in [1.54, 1.807) is 12.1 Å². The Bertz CT molecular complexity index is 579. The van der Waals surface area contributed by atoms with Gasteiger partial charge in [-0.15, -0.1) is 0 Å². The number of nitrogens with two attached hydrogens (primary N) is 1. The van der Waals surface area contributed by atoms with E-state index in [9.17, 15) is 4.39 Å². The van der Waals surface area contributed by atoms with E-state index in [1.165, 1.54) is 12.1 Å². The van der Waals surface area contributed by atoms with Gasteiger partial charge in [-0.3, -0.25) is 11.3 Å². The molecule has 2 aromatic carbocycles. The minimum atomic E-state index is -0.224. The highest BCUT2D eigenvalue weighted by Crippen LogP contribution is 2.28. The van der Waals surface area contributed by atoms with Crippen molar-refractivity contribution in [1.29, 1.82) is 0 Å². The molecule has 1 unspecified atom stereocenters. The third kappa shape index (κ3) is 3.80. The zero-order chi connectivity index (χ0) is 14.7. The lowest BCUT2D eigenvalue weighted by atomic mass is 9.99. The summed E-state index contributed by atoms with van der Waals surface area (Å²) in [7, 11) is 0. The van der Waals surface area contributed by atoms with Gasteiger partial charge < -0.3 is 4.74 Å². The summed E-state index contributed by atoms with van der Waals surface area (Å²) in [6.07, 6.45) is 3.41. The number of rotatable bonds is 6. The summed E-state index contributed by atoms with van der Waals surface area (Å²) in [6, 6.07) is 14.5. The van der Waals surface area contributed by atoms with Crippen molar-refractivity contribution in [2.45, 2.75) is 31.4 Å². The van der Waals surface area contributed by atoms with Gasteiger partial charge in [-0.2, -0.15) is 0 Å². The summed E-state index contributed by atoms with van der Waals surface area (Å²) >= 11 is 0. The minimum Gasteiger partial charge on any atom is -0.490 e. The molecule has 3 N–H and O–H groups in total. The molecule has 3 rings (SSSR count). The van der Waals surface area contributed by atoms with E-state index in [4.69, 9.17) is 10.6 Å². The molecule has 1 aliphatic carbocycles. The fourth-order valence-electron chi connectivity index (χ4n) is 2.29. The van der Waals surface area contributed by atoms with Crippen molar-refractivity contribution in [3.8, 4) is 5.75 Å². The van der Waals surface area contributed by atoms with Crippen LogP contribution in [0.15, 0.2) is 48.5 Å². The SMILES string of the molecule is NNC(Cc1ccc(F)cc1)c1ccc(OC2CC2)cc1. The molecule has 0 spiro atoms. The van der Waals surface area contributed by atoms with Crippen molar-refractivity contribution in [1.82, 2.24) is 5.43 Å². The lowest BCUT2D eigenvalue weighted by molar-refractivity contribution is 0.303. The Kier molecular flexibility index (Phi) is 4.18. The molecule has 4 heteroatoms. The Balaban J connectivity index is 1.68. The van der Waals surface area contributed by atoms with Crippen LogP contribution in [0.2, 0.25) is 0 Å². The average molecular weight is 286 g/mol. The largest absolute Gasteiger partial charge is 0.490 e. The normalized spacial score (nSPS) is 15.7. The maximum Gasteiger partial charge on any atom is 0.123 e. The van der Waals surface area contributed by atoms with Crippen molar-refractivity contribution in [3.05, 3.63) is 65.5 Å². The zero-order valence-electron chi connectivity index (χ0n) is 11.8. The molecule has 1 atom stereocenters. The number of halogens is 1. The summed E-state index contributed by atoms with van der Waals surface area (Å²) in [5.41, 5.74) is 4.95. The molecule has 1 aliphatic rings. The van der Waals surface area contributed by atoms with Gasteiger partial charge in [0.15, 0.2) is 0 Å². The first-order valence-electron chi connectivity index (χ1n) is 7.22. The molecule has 1 fully saturated rings. The first-order chi connectivity index (χ1) is 10.2. The lowest BCUT2D eigenvalue weighted by Gasteiger charge is -2.17. The molecule has 0 heterocycles. The van der Waals surface area contributed by atoms with E-state index in [2.05, 4.69) is 5.43 Å². The summed E-state index contributed by atoms with van der Waals surface area (Å²) in [6.45, 7) is 0. The molecule has 0 bridgehead atoms. The zero-order valence-corrected chi connectivity index (χ0v) is 11.8. The Labute approximate surface area is 123 Å². The van der Waals surface area contributed by atoms with Gasteiger partial charge >= 0.3 is 0 Å². The van der Waals surface area contributed by atoms with Crippen LogP contribution in [-0.4, -0.2) is 6.10 Å². The monoisotopic (exact) mass is 286 g/mol. The molecule has 2 aromatic rings. The van der Waals surface area contributed by atoms with E-state index >= 15 is 0 Å². The molecule has 21 heavy (non-hydrogen) atoms. The van der Waals surface area contributed by atoms with Crippen LogP contribution in [0, 0.1) is 5.82 Å². The maximum atomic E-state index is 12.9. The summed E-state index contributed by atoms with van der Waals surface area (Å²) < 4.78 is 18.7. The van der Waals surface area contributed by atoms with Gasteiger partial charge in [0.05, 0.1) is 6.10 Å². The highest BCUT2D eigenvalue weighted by atomic mass is 19.1. The van der Waals surface area contributed by atoms with Crippen LogP contribution in [0.1, 0.15) is 30.0 Å². The van der Waals surface area contributed by atoms with Gasteiger partial charge in [0.2, 0.25) is 0 Å². The van der Waals surface area contributed by atoms with E-state index in [0.29, 0.717) is 12.5 Å². The molecule has 0 amide bonds. The Morgan fingerprint density at radius 3 is 2.33 bits per heavy atom.